The molecule has 1 aromatic rings. The van der Waals surface area contributed by atoms with Gasteiger partial charge in [-0.2, -0.15) is 0 Å². The molecule has 0 aliphatic rings. The van der Waals surface area contributed by atoms with Crippen molar-refractivity contribution in [3.63, 3.8) is 0 Å². The zero-order valence-electron chi connectivity index (χ0n) is 10.6. The number of carbonyl (C=O) groups is 1. The summed E-state index contributed by atoms with van der Waals surface area (Å²) in [5.74, 6) is 0.648. The van der Waals surface area contributed by atoms with Crippen LogP contribution >= 0.6 is 22.6 Å². The second kappa shape index (κ2) is 6.17. The van der Waals surface area contributed by atoms with Crippen LogP contribution in [-0.4, -0.2) is 44.9 Å². The van der Waals surface area contributed by atoms with Crippen LogP contribution in [0.4, 0.5) is 10.6 Å². The predicted molar refractivity (Wildman–Crippen MR) is 77.7 cm³/mol. The highest BCUT2D eigenvalue weighted by atomic mass is 127. The maximum absolute atomic E-state index is 11.1. The van der Waals surface area contributed by atoms with Crippen molar-refractivity contribution in [2.45, 2.75) is 26.3 Å². The lowest BCUT2D eigenvalue weighted by Gasteiger charge is -2.33. The van der Waals surface area contributed by atoms with Gasteiger partial charge in [0, 0.05) is 18.6 Å². The number of amides is 1. The quantitative estimate of drug-likeness (QED) is 0.802. The van der Waals surface area contributed by atoms with E-state index in [1.165, 1.54) is 4.90 Å². The molecule has 0 atom stereocenters. The molecule has 0 radical (unpaired) electrons. The molecule has 0 unspecified atom stereocenters. The third-order valence-corrected chi connectivity index (χ3v) is 2.89. The average Bonchev–Trinajstić information content (AvgIpc) is 2.24. The molecule has 2 N–H and O–H groups in total. The summed E-state index contributed by atoms with van der Waals surface area (Å²) < 4.78 is 0.819. The number of halogens is 1. The number of nitrogens with zero attached hydrogens (tertiary/aromatic N) is 3. The minimum Gasteiger partial charge on any atom is -0.465 e. The molecule has 0 fully saturated rings. The number of carboxylic acid groups (broad SMARTS) is 1. The van der Waals surface area contributed by atoms with Crippen molar-refractivity contribution >= 4 is 34.5 Å². The van der Waals surface area contributed by atoms with Crippen LogP contribution in [0.15, 0.2) is 12.1 Å². The van der Waals surface area contributed by atoms with Gasteiger partial charge in [-0.05, 0) is 55.5 Å². The van der Waals surface area contributed by atoms with Crippen molar-refractivity contribution in [2.24, 2.45) is 0 Å². The van der Waals surface area contributed by atoms with E-state index >= 15 is 0 Å². The molecule has 100 valence electrons. The second-order valence-electron chi connectivity index (χ2n) is 4.77. The number of hydrogen-bond donors (Lipinski definition) is 2. The Balaban J connectivity index is 2.49. The molecular formula is C11H17IN4O2. The van der Waals surface area contributed by atoms with Crippen molar-refractivity contribution in [3.8, 4) is 0 Å². The molecule has 0 saturated heterocycles. The molecule has 0 aliphatic carbocycles. The molecule has 0 saturated carbocycles. The van der Waals surface area contributed by atoms with Gasteiger partial charge in [-0.3, -0.25) is 0 Å². The third-order valence-electron chi connectivity index (χ3n) is 2.31. The Morgan fingerprint density at radius 1 is 1.44 bits per heavy atom. The minimum absolute atomic E-state index is 0.395. The fourth-order valence-electron chi connectivity index (χ4n) is 1.42. The number of hydrogen-bond acceptors (Lipinski definition) is 4. The second-order valence-corrected chi connectivity index (χ2v) is 5.88. The van der Waals surface area contributed by atoms with Crippen LogP contribution in [0, 0.1) is 3.70 Å². The highest BCUT2D eigenvalue weighted by Gasteiger charge is 2.25. The summed E-state index contributed by atoms with van der Waals surface area (Å²) in [6.45, 7) is 6.49. The van der Waals surface area contributed by atoms with Gasteiger partial charge in [0.2, 0.25) is 0 Å². The van der Waals surface area contributed by atoms with E-state index in [-0.39, 0.29) is 0 Å². The molecule has 1 amide bonds. The Hall–Kier alpha value is -1.12. The van der Waals surface area contributed by atoms with Gasteiger partial charge in [0.15, 0.2) is 0 Å². The van der Waals surface area contributed by atoms with E-state index in [4.69, 9.17) is 5.11 Å². The first kappa shape index (κ1) is 14.9. The van der Waals surface area contributed by atoms with Crippen LogP contribution in [0.5, 0.6) is 0 Å². The maximum Gasteiger partial charge on any atom is 0.407 e. The SMILES string of the molecule is CC(C)(C)N(CCNc1ccc(I)nn1)C(=O)O. The Labute approximate surface area is 120 Å². The summed E-state index contributed by atoms with van der Waals surface area (Å²) in [6.07, 6.45) is -0.919. The Bertz CT molecular complexity index is 402. The van der Waals surface area contributed by atoms with Crippen LogP contribution in [0.25, 0.3) is 0 Å². The van der Waals surface area contributed by atoms with E-state index in [1.54, 1.807) is 0 Å². The fourth-order valence-corrected chi connectivity index (χ4v) is 1.71. The lowest BCUT2D eigenvalue weighted by Crippen LogP contribution is -2.47. The first-order valence-corrected chi connectivity index (χ1v) is 6.62. The Morgan fingerprint density at radius 3 is 2.56 bits per heavy atom. The van der Waals surface area contributed by atoms with E-state index in [9.17, 15) is 4.79 Å². The maximum atomic E-state index is 11.1. The molecule has 1 heterocycles. The van der Waals surface area contributed by atoms with Crippen LogP contribution in [0.3, 0.4) is 0 Å². The van der Waals surface area contributed by atoms with E-state index < -0.39 is 11.6 Å². The van der Waals surface area contributed by atoms with Crippen molar-refractivity contribution in [1.29, 1.82) is 0 Å². The topological polar surface area (TPSA) is 78.3 Å². The van der Waals surface area contributed by atoms with Crippen LogP contribution in [-0.2, 0) is 0 Å². The first-order chi connectivity index (χ1) is 8.30. The van der Waals surface area contributed by atoms with Gasteiger partial charge in [-0.15, -0.1) is 10.2 Å². The molecule has 7 heteroatoms. The molecule has 18 heavy (non-hydrogen) atoms. The van der Waals surface area contributed by atoms with E-state index in [0.717, 1.165) is 3.70 Å². The van der Waals surface area contributed by atoms with Crippen LogP contribution in [0.2, 0.25) is 0 Å². The highest BCUT2D eigenvalue weighted by molar-refractivity contribution is 14.1. The molecule has 1 aromatic heterocycles. The van der Waals surface area contributed by atoms with Crippen molar-refractivity contribution in [3.05, 3.63) is 15.8 Å². The van der Waals surface area contributed by atoms with E-state index in [1.807, 2.05) is 32.9 Å². The third kappa shape index (κ3) is 4.63. The molecule has 0 aromatic carbocycles. The fraction of sp³-hybridized carbons (Fsp3) is 0.545. The number of rotatable bonds is 4. The summed E-state index contributed by atoms with van der Waals surface area (Å²) in [5, 5.41) is 20.0. The average molecular weight is 364 g/mol. The van der Waals surface area contributed by atoms with Crippen LogP contribution in [0.1, 0.15) is 20.8 Å². The Morgan fingerprint density at radius 2 is 2.11 bits per heavy atom. The molecule has 0 bridgehead atoms. The van der Waals surface area contributed by atoms with Crippen molar-refractivity contribution < 1.29 is 9.90 Å². The highest BCUT2D eigenvalue weighted by Crippen LogP contribution is 2.13. The zero-order chi connectivity index (χ0) is 13.8. The molecule has 0 aliphatic heterocycles. The molecule has 6 nitrogen and oxygen atoms in total. The van der Waals surface area contributed by atoms with Crippen molar-refractivity contribution in [2.75, 3.05) is 18.4 Å². The van der Waals surface area contributed by atoms with Gasteiger partial charge in [0.05, 0.1) is 0 Å². The van der Waals surface area contributed by atoms with Gasteiger partial charge in [-0.25, -0.2) is 4.79 Å². The first-order valence-electron chi connectivity index (χ1n) is 5.54. The van der Waals surface area contributed by atoms with Crippen molar-refractivity contribution in [1.82, 2.24) is 15.1 Å². The summed E-state index contributed by atoms with van der Waals surface area (Å²) >= 11 is 2.08. The zero-order valence-corrected chi connectivity index (χ0v) is 12.8. The molecular weight excluding hydrogens is 347 g/mol. The smallest absolute Gasteiger partial charge is 0.407 e. The van der Waals surface area contributed by atoms with E-state index in [0.29, 0.717) is 18.9 Å². The lowest BCUT2D eigenvalue weighted by atomic mass is 10.1. The predicted octanol–water partition coefficient (Wildman–Crippen LogP) is 2.27. The van der Waals surface area contributed by atoms with Gasteiger partial charge in [0.1, 0.15) is 9.52 Å². The molecule has 1 rings (SSSR count). The van der Waals surface area contributed by atoms with Gasteiger partial charge >= 0.3 is 6.09 Å². The number of aromatic nitrogens is 2. The normalized spacial score (nSPS) is 11.1. The standard InChI is InChI=1S/C11H17IN4O2/c1-11(2,3)16(10(17)18)7-6-13-9-5-4-8(12)14-15-9/h4-5H,6-7H2,1-3H3,(H,13,15)(H,17,18). The summed E-state index contributed by atoms with van der Waals surface area (Å²) in [7, 11) is 0. The van der Waals surface area contributed by atoms with Gasteiger partial charge < -0.3 is 15.3 Å². The largest absolute Gasteiger partial charge is 0.465 e. The van der Waals surface area contributed by atoms with Crippen LogP contribution < -0.4 is 5.32 Å². The van der Waals surface area contributed by atoms with Gasteiger partial charge in [0.25, 0.3) is 0 Å². The number of nitrogens with one attached hydrogen (secondary N) is 1. The summed E-state index contributed by atoms with van der Waals surface area (Å²) in [4.78, 5) is 12.5. The molecule has 0 spiro atoms. The Kier molecular flexibility index (Phi) is 5.12. The van der Waals surface area contributed by atoms with E-state index in [2.05, 4.69) is 38.1 Å². The summed E-state index contributed by atoms with van der Waals surface area (Å²) in [6, 6.07) is 3.66. The lowest BCUT2D eigenvalue weighted by molar-refractivity contribution is 0.103. The number of anilines is 1. The van der Waals surface area contributed by atoms with Gasteiger partial charge in [-0.1, -0.05) is 0 Å². The summed E-state index contributed by atoms with van der Waals surface area (Å²) in [5.41, 5.74) is -0.411. The monoisotopic (exact) mass is 364 g/mol. The minimum atomic E-state index is -0.919.